The molecule has 1 aromatic carbocycles. The Kier molecular flexibility index (Phi) is 6.40. The molecule has 1 aliphatic heterocycles. The van der Waals surface area contributed by atoms with Crippen LogP contribution in [0.1, 0.15) is 36.5 Å². The number of furan rings is 1. The van der Waals surface area contributed by atoms with Crippen molar-refractivity contribution in [2.45, 2.75) is 19.8 Å². The van der Waals surface area contributed by atoms with Gasteiger partial charge in [0, 0.05) is 22.4 Å². The van der Waals surface area contributed by atoms with Crippen LogP contribution in [-0.4, -0.2) is 0 Å². The van der Waals surface area contributed by atoms with Crippen LogP contribution in [0.2, 0.25) is 0 Å². The van der Waals surface area contributed by atoms with Crippen molar-refractivity contribution < 1.29 is 4.42 Å². The molecule has 1 heterocycles. The molecule has 2 N–H and O–H groups in total. The minimum Gasteiger partial charge on any atom is -0.422 e. The average molecular weight is 431 g/mol. The minimum atomic E-state index is -0.785. The highest BCUT2D eigenvalue weighted by Crippen LogP contribution is 2.40. The van der Waals surface area contributed by atoms with Crippen molar-refractivity contribution in [1.82, 2.24) is 0 Å². The summed E-state index contributed by atoms with van der Waals surface area (Å²) >= 11 is 0. The van der Waals surface area contributed by atoms with Crippen LogP contribution >= 0.6 is 0 Å². The number of rotatable bonds is 4. The Labute approximate surface area is 190 Å². The molecule has 0 saturated carbocycles. The fraction of sp³-hybridized carbons (Fsp3) is 0.115. The number of nitriles is 4. The fourth-order valence-electron chi connectivity index (χ4n) is 3.48. The number of allylic oxidation sites excluding steroid dienone is 4. The number of anilines is 1. The van der Waals surface area contributed by atoms with Gasteiger partial charge in [0.05, 0.1) is 5.56 Å². The number of nitrogens with two attached hydrogens (primary N) is 1. The molecule has 0 aromatic heterocycles. The number of hydrogen-bond donors (Lipinski definition) is 1. The molecule has 0 spiro atoms. The molecular weight excluding hydrogens is 414 g/mol. The van der Waals surface area contributed by atoms with E-state index in [4.69, 9.17) is 10.2 Å². The smallest absolute Gasteiger partial charge is 0.345 e. The number of benzene rings is 1. The number of nitrogens with zero attached hydrogens (tertiary/aromatic N) is 4. The van der Waals surface area contributed by atoms with Crippen LogP contribution in [0.3, 0.4) is 0 Å². The Morgan fingerprint density at radius 3 is 2.00 bits per heavy atom. The SMILES string of the molecule is CC(C)c1cccc2oc(=O)c(C(=C(C#N)C#N)C(=C(C#N)C#N)c3ccc(N)cc3)c-2c1. The van der Waals surface area contributed by atoms with E-state index in [1.54, 1.807) is 54.6 Å². The summed E-state index contributed by atoms with van der Waals surface area (Å²) in [6.45, 7) is 3.96. The molecule has 0 atom stereocenters. The summed E-state index contributed by atoms with van der Waals surface area (Å²) in [6.07, 6.45) is 0. The van der Waals surface area contributed by atoms with Crippen molar-refractivity contribution in [3.05, 3.63) is 86.8 Å². The molecule has 0 unspecified atom stereocenters. The molecule has 0 radical (unpaired) electrons. The molecule has 158 valence electrons. The summed E-state index contributed by atoms with van der Waals surface area (Å²) in [5.41, 5.74) is 6.03. The van der Waals surface area contributed by atoms with Gasteiger partial charge < -0.3 is 10.2 Å². The van der Waals surface area contributed by atoms with E-state index in [9.17, 15) is 25.8 Å². The average Bonchev–Trinajstić information content (AvgIpc) is 2.96. The van der Waals surface area contributed by atoms with Gasteiger partial charge >= 0.3 is 5.63 Å². The van der Waals surface area contributed by atoms with E-state index in [2.05, 4.69) is 0 Å². The summed E-state index contributed by atoms with van der Waals surface area (Å²) in [7, 11) is 0. The maximum Gasteiger partial charge on any atom is 0.345 e. The summed E-state index contributed by atoms with van der Waals surface area (Å²) in [6, 6.07) is 20.4. The first kappa shape index (κ1) is 22.6. The van der Waals surface area contributed by atoms with Crippen LogP contribution in [-0.2, 0) is 0 Å². The predicted octanol–water partition coefficient (Wildman–Crippen LogP) is 4.75. The number of fused-ring (bicyclic) bond motifs is 1. The lowest BCUT2D eigenvalue weighted by Gasteiger charge is -2.13. The van der Waals surface area contributed by atoms with E-state index >= 15 is 0 Å². The second-order valence-electron chi connectivity index (χ2n) is 7.44. The number of hydrogen-bond acceptors (Lipinski definition) is 7. The van der Waals surface area contributed by atoms with Crippen LogP contribution in [0.25, 0.3) is 22.5 Å². The Morgan fingerprint density at radius 1 is 0.879 bits per heavy atom. The summed E-state index contributed by atoms with van der Waals surface area (Å²) in [5.74, 6) is 0.361. The molecule has 1 aliphatic carbocycles. The van der Waals surface area contributed by atoms with E-state index < -0.39 is 11.2 Å². The topological polar surface area (TPSA) is 151 Å². The van der Waals surface area contributed by atoms with Gasteiger partial charge in [-0.3, -0.25) is 0 Å². The maximum absolute atomic E-state index is 13.1. The highest BCUT2D eigenvalue weighted by atomic mass is 16.4. The summed E-state index contributed by atoms with van der Waals surface area (Å²) in [4.78, 5) is 13.1. The zero-order chi connectivity index (χ0) is 24.1. The third-order valence-corrected chi connectivity index (χ3v) is 5.10. The second kappa shape index (κ2) is 9.36. The van der Waals surface area contributed by atoms with Crippen LogP contribution in [0.4, 0.5) is 5.69 Å². The van der Waals surface area contributed by atoms with Crippen molar-refractivity contribution in [2.75, 3.05) is 5.73 Å². The van der Waals surface area contributed by atoms with E-state index in [1.165, 1.54) is 0 Å². The second-order valence-corrected chi connectivity index (χ2v) is 7.44. The van der Waals surface area contributed by atoms with E-state index in [1.807, 2.05) is 32.1 Å². The highest BCUT2D eigenvalue weighted by molar-refractivity contribution is 6.13. The van der Waals surface area contributed by atoms with Crippen molar-refractivity contribution in [3.63, 3.8) is 0 Å². The minimum absolute atomic E-state index is 0.0181. The van der Waals surface area contributed by atoms with Gasteiger partial charge in [-0.25, -0.2) is 4.79 Å². The van der Waals surface area contributed by atoms with Gasteiger partial charge in [0.1, 0.15) is 41.2 Å². The van der Waals surface area contributed by atoms with Gasteiger partial charge in [-0.15, -0.1) is 0 Å². The molecule has 0 saturated heterocycles. The zero-order valence-electron chi connectivity index (χ0n) is 17.9. The molecule has 2 aliphatic rings. The van der Waals surface area contributed by atoms with Crippen molar-refractivity contribution >= 4 is 16.8 Å². The molecule has 7 nitrogen and oxygen atoms in total. The van der Waals surface area contributed by atoms with Crippen LogP contribution in [0.15, 0.2) is 68.9 Å². The van der Waals surface area contributed by atoms with Crippen molar-refractivity contribution in [3.8, 4) is 35.6 Å². The van der Waals surface area contributed by atoms with Gasteiger partial charge in [0.25, 0.3) is 0 Å². The Morgan fingerprint density at radius 2 is 1.45 bits per heavy atom. The van der Waals surface area contributed by atoms with E-state index in [0.717, 1.165) is 5.56 Å². The van der Waals surface area contributed by atoms with Gasteiger partial charge in [0.15, 0.2) is 0 Å². The van der Waals surface area contributed by atoms with Crippen molar-refractivity contribution in [1.29, 1.82) is 21.0 Å². The predicted molar refractivity (Wildman–Crippen MR) is 123 cm³/mol. The van der Waals surface area contributed by atoms with Crippen LogP contribution in [0, 0.1) is 45.3 Å². The molecule has 0 fully saturated rings. The van der Waals surface area contributed by atoms with E-state index in [-0.39, 0.29) is 34.0 Å². The Bertz CT molecular complexity index is 1460. The van der Waals surface area contributed by atoms with Crippen LogP contribution in [0.5, 0.6) is 0 Å². The molecule has 0 bridgehead atoms. The van der Waals surface area contributed by atoms with E-state index in [0.29, 0.717) is 16.8 Å². The lowest BCUT2D eigenvalue weighted by atomic mass is 9.85. The van der Waals surface area contributed by atoms with Gasteiger partial charge in [0.2, 0.25) is 0 Å². The summed E-state index contributed by atoms with van der Waals surface area (Å²) in [5, 5.41) is 38.9. The quantitative estimate of drug-likeness (QED) is 0.355. The first-order chi connectivity index (χ1) is 15.9. The normalized spacial score (nSPS) is 9.91. The first-order valence-electron chi connectivity index (χ1n) is 9.88. The lowest BCUT2D eigenvalue weighted by Crippen LogP contribution is -2.06. The first-order valence-corrected chi connectivity index (χ1v) is 9.88. The molecular formula is C26H17N5O2. The van der Waals surface area contributed by atoms with Gasteiger partial charge in [-0.05, 0) is 41.3 Å². The van der Waals surface area contributed by atoms with Crippen molar-refractivity contribution in [2.24, 2.45) is 0 Å². The number of nitrogen functional groups attached to an aromatic ring is 1. The lowest BCUT2D eigenvalue weighted by molar-refractivity contribution is 0.544. The maximum atomic E-state index is 13.1. The fourth-order valence-corrected chi connectivity index (χ4v) is 3.48. The van der Waals surface area contributed by atoms with Gasteiger partial charge in [-0.2, -0.15) is 21.0 Å². The molecule has 7 heteroatoms. The summed E-state index contributed by atoms with van der Waals surface area (Å²) < 4.78 is 5.45. The highest BCUT2D eigenvalue weighted by Gasteiger charge is 2.29. The monoisotopic (exact) mass is 431 g/mol. The van der Waals surface area contributed by atoms with Gasteiger partial charge in [-0.1, -0.05) is 38.1 Å². The molecule has 3 rings (SSSR count). The third kappa shape index (κ3) is 4.21. The Balaban J connectivity index is 2.56. The standard InChI is InChI=1S/C26H17N5O2/c1-15(2)17-4-3-5-22-21(10-17)25(26(32)33-22)24(19(13-29)14-30)23(18(11-27)12-28)16-6-8-20(31)9-7-16/h3-10,15H,31H2,1-2H3. The molecule has 0 amide bonds. The van der Waals surface area contributed by atoms with Crippen LogP contribution < -0.4 is 11.4 Å². The third-order valence-electron chi connectivity index (χ3n) is 5.10. The zero-order valence-corrected chi connectivity index (χ0v) is 17.9. The molecule has 33 heavy (non-hydrogen) atoms. The largest absolute Gasteiger partial charge is 0.422 e. The molecule has 1 aromatic rings. The Hall–Kier alpha value is -5.11.